The van der Waals surface area contributed by atoms with Crippen molar-refractivity contribution in [3.05, 3.63) is 35.6 Å². The van der Waals surface area contributed by atoms with Crippen LogP contribution in [-0.2, 0) is 11.2 Å². The number of carbonyl (C=O) groups excluding carboxylic acids is 1. The third-order valence-electron chi connectivity index (χ3n) is 1.34. The molecule has 0 saturated heterocycles. The van der Waals surface area contributed by atoms with E-state index in [4.69, 9.17) is 0 Å². The van der Waals surface area contributed by atoms with Crippen LogP contribution in [0.25, 0.3) is 0 Å². The molecule has 0 aliphatic carbocycles. The summed E-state index contributed by atoms with van der Waals surface area (Å²) in [7, 11) is 0. The molecule has 0 fully saturated rings. The zero-order valence-electron chi connectivity index (χ0n) is 6.38. The van der Waals surface area contributed by atoms with Gasteiger partial charge in [0.05, 0.1) is 0 Å². The van der Waals surface area contributed by atoms with Gasteiger partial charge in [-0.2, -0.15) is 0 Å². The van der Waals surface area contributed by atoms with Gasteiger partial charge in [-0.1, -0.05) is 18.1 Å². The number of benzene rings is 1. The van der Waals surface area contributed by atoms with E-state index in [1.54, 1.807) is 12.1 Å². The van der Waals surface area contributed by atoms with Gasteiger partial charge in [-0.05, 0) is 23.6 Å². The van der Waals surface area contributed by atoms with Crippen molar-refractivity contribution in [2.45, 2.75) is 6.42 Å². The minimum atomic E-state index is -0.277. The molecular formula is C10H7FO. The summed E-state index contributed by atoms with van der Waals surface area (Å²) in [5, 5.41) is 0. The summed E-state index contributed by atoms with van der Waals surface area (Å²) in [6.07, 6.45) is 0.940. The van der Waals surface area contributed by atoms with Gasteiger partial charge in [-0.25, -0.2) is 4.39 Å². The monoisotopic (exact) mass is 162 g/mol. The van der Waals surface area contributed by atoms with Gasteiger partial charge >= 0.3 is 0 Å². The predicted octanol–water partition coefficient (Wildman–Crippen LogP) is 1.57. The highest BCUT2D eigenvalue weighted by Gasteiger charge is 1.91. The van der Waals surface area contributed by atoms with Crippen molar-refractivity contribution in [1.29, 1.82) is 0 Å². The van der Waals surface area contributed by atoms with Crippen LogP contribution in [0.4, 0.5) is 4.39 Å². The van der Waals surface area contributed by atoms with Crippen molar-refractivity contribution in [3.63, 3.8) is 0 Å². The second-order valence-electron chi connectivity index (χ2n) is 2.25. The molecule has 0 saturated carbocycles. The Morgan fingerprint density at radius 3 is 3.00 bits per heavy atom. The highest BCUT2D eigenvalue weighted by molar-refractivity contribution is 5.72. The highest BCUT2D eigenvalue weighted by Crippen LogP contribution is 2.02. The third-order valence-corrected chi connectivity index (χ3v) is 1.34. The van der Waals surface area contributed by atoms with E-state index in [-0.39, 0.29) is 5.82 Å². The van der Waals surface area contributed by atoms with Gasteiger partial charge < -0.3 is 0 Å². The Labute approximate surface area is 70.2 Å². The number of hydrogen-bond acceptors (Lipinski definition) is 1. The van der Waals surface area contributed by atoms with Crippen LogP contribution >= 0.6 is 0 Å². The Morgan fingerprint density at radius 1 is 1.50 bits per heavy atom. The van der Waals surface area contributed by atoms with Crippen LogP contribution in [0.1, 0.15) is 5.56 Å². The standard InChI is InChI=1S/C10H7FO/c11-10-6-3-5-9(8-10)4-1-2-7-12/h3,5-8H,4H2. The lowest BCUT2D eigenvalue weighted by Gasteiger charge is -1.92. The SMILES string of the molecule is O=CC#CCc1cccc(F)c1. The van der Waals surface area contributed by atoms with E-state index in [0.29, 0.717) is 12.7 Å². The number of aldehydes is 1. The summed E-state index contributed by atoms with van der Waals surface area (Å²) in [5.74, 6) is 4.58. The molecule has 1 aromatic rings. The second-order valence-corrected chi connectivity index (χ2v) is 2.25. The Bertz CT molecular complexity index is 333. The largest absolute Gasteiger partial charge is 0.289 e. The maximum Gasteiger partial charge on any atom is 0.192 e. The summed E-state index contributed by atoms with van der Waals surface area (Å²) in [6, 6.07) is 6.16. The molecule has 12 heavy (non-hydrogen) atoms. The van der Waals surface area contributed by atoms with Gasteiger partial charge in [0.2, 0.25) is 0 Å². The molecule has 0 unspecified atom stereocenters. The molecule has 0 bridgehead atoms. The Morgan fingerprint density at radius 2 is 2.33 bits per heavy atom. The maximum atomic E-state index is 12.6. The molecule has 0 spiro atoms. The molecular weight excluding hydrogens is 155 g/mol. The minimum absolute atomic E-state index is 0.277. The first-order valence-corrected chi connectivity index (χ1v) is 3.49. The first-order chi connectivity index (χ1) is 5.83. The molecule has 1 nitrogen and oxygen atoms in total. The quantitative estimate of drug-likeness (QED) is 0.452. The molecule has 60 valence electrons. The molecule has 0 aliphatic rings. The molecule has 0 radical (unpaired) electrons. The van der Waals surface area contributed by atoms with E-state index in [1.165, 1.54) is 12.1 Å². The first kappa shape index (κ1) is 8.48. The molecule has 0 heterocycles. The van der Waals surface area contributed by atoms with Crippen molar-refractivity contribution in [2.24, 2.45) is 0 Å². The van der Waals surface area contributed by atoms with Gasteiger partial charge in [0.25, 0.3) is 0 Å². The number of halogens is 1. The van der Waals surface area contributed by atoms with Crippen molar-refractivity contribution in [3.8, 4) is 11.8 Å². The molecule has 0 atom stereocenters. The smallest absolute Gasteiger partial charge is 0.192 e. The number of carbonyl (C=O) groups is 1. The van der Waals surface area contributed by atoms with Gasteiger partial charge in [-0.3, -0.25) is 4.79 Å². The minimum Gasteiger partial charge on any atom is -0.289 e. The molecule has 0 amide bonds. The van der Waals surface area contributed by atoms with Crippen molar-refractivity contribution in [2.75, 3.05) is 0 Å². The summed E-state index contributed by atoms with van der Waals surface area (Å²) >= 11 is 0. The molecule has 0 aliphatic heterocycles. The molecule has 0 aromatic heterocycles. The fraction of sp³-hybridized carbons (Fsp3) is 0.100. The molecule has 1 rings (SSSR count). The average Bonchev–Trinajstić information content (AvgIpc) is 2.05. The molecule has 0 N–H and O–H groups in total. The van der Waals surface area contributed by atoms with Crippen LogP contribution in [0.5, 0.6) is 0 Å². The van der Waals surface area contributed by atoms with Crippen molar-refractivity contribution >= 4 is 6.29 Å². The first-order valence-electron chi connectivity index (χ1n) is 3.49. The molecule has 1 aromatic carbocycles. The normalized spacial score (nSPS) is 8.42. The van der Waals surface area contributed by atoms with E-state index >= 15 is 0 Å². The predicted molar refractivity (Wildman–Crippen MR) is 43.9 cm³/mol. The zero-order valence-corrected chi connectivity index (χ0v) is 6.38. The lowest BCUT2D eigenvalue weighted by atomic mass is 10.1. The van der Waals surface area contributed by atoms with Gasteiger partial charge in [0, 0.05) is 6.42 Å². The summed E-state index contributed by atoms with van der Waals surface area (Å²) in [4.78, 5) is 9.81. The van der Waals surface area contributed by atoms with Crippen LogP contribution in [0, 0.1) is 17.7 Å². The van der Waals surface area contributed by atoms with Crippen LogP contribution in [0.15, 0.2) is 24.3 Å². The third kappa shape index (κ3) is 2.55. The van der Waals surface area contributed by atoms with E-state index in [9.17, 15) is 9.18 Å². The topological polar surface area (TPSA) is 17.1 Å². The van der Waals surface area contributed by atoms with Crippen LogP contribution in [0.2, 0.25) is 0 Å². The number of hydrogen-bond donors (Lipinski definition) is 0. The fourth-order valence-electron chi connectivity index (χ4n) is 0.842. The zero-order chi connectivity index (χ0) is 8.81. The Hall–Kier alpha value is -1.62. The fourth-order valence-corrected chi connectivity index (χ4v) is 0.842. The lowest BCUT2D eigenvalue weighted by molar-refractivity contribution is -0.103. The Balaban J connectivity index is 2.69. The van der Waals surface area contributed by atoms with Gasteiger partial charge in [0.15, 0.2) is 6.29 Å². The van der Waals surface area contributed by atoms with Crippen molar-refractivity contribution in [1.82, 2.24) is 0 Å². The van der Waals surface area contributed by atoms with E-state index < -0.39 is 0 Å². The summed E-state index contributed by atoms with van der Waals surface area (Å²) < 4.78 is 12.6. The summed E-state index contributed by atoms with van der Waals surface area (Å²) in [5.41, 5.74) is 0.782. The van der Waals surface area contributed by atoms with E-state index in [1.807, 2.05) is 0 Å². The second kappa shape index (κ2) is 4.30. The average molecular weight is 162 g/mol. The highest BCUT2D eigenvalue weighted by atomic mass is 19.1. The summed E-state index contributed by atoms with van der Waals surface area (Å²) in [6.45, 7) is 0. The van der Waals surface area contributed by atoms with Crippen LogP contribution < -0.4 is 0 Å². The van der Waals surface area contributed by atoms with Gasteiger partial charge in [0.1, 0.15) is 5.82 Å². The van der Waals surface area contributed by atoms with E-state index in [2.05, 4.69) is 11.8 Å². The number of rotatable bonds is 1. The van der Waals surface area contributed by atoms with E-state index in [0.717, 1.165) is 5.56 Å². The van der Waals surface area contributed by atoms with Crippen LogP contribution in [0.3, 0.4) is 0 Å². The maximum absolute atomic E-state index is 12.6. The molecule has 2 heteroatoms. The van der Waals surface area contributed by atoms with Crippen molar-refractivity contribution < 1.29 is 9.18 Å². The lowest BCUT2D eigenvalue weighted by Crippen LogP contribution is -1.82. The Kier molecular flexibility index (Phi) is 3.04. The van der Waals surface area contributed by atoms with Crippen LogP contribution in [-0.4, -0.2) is 6.29 Å². The van der Waals surface area contributed by atoms with Gasteiger partial charge in [-0.15, -0.1) is 0 Å².